The predicted octanol–water partition coefficient (Wildman–Crippen LogP) is 0.858. The molecule has 16 heavy (non-hydrogen) atoms. The molecular formula is C11H23N3O2. The topological polar surface area (TPSA) is 70.2 Å². The molecule has 0 aromatic heterocycles. The van der Waals surface area contributed by atoms with Gasteiger partial charge >= 0.3 is 6.03 Å². The third-order valence-electron chi connectivity index (χ3n) is 2.35. The summed E-state index contributed by atoms with van der Waals surface area (Å²) in [6.45, 7) is 6.64. The summed E-state index contributed by atoms with van der Waals surface area (Å²) >= 11 is 0. The van der Waals surface area contributed by atoms with Gasteiger partial charge in [-0.25, -0.2) is 4.79 Å². The fraction of sp³-hybridized carbons (Fsp3) is 0.818. The van der Waals surface area contributed by atoms with Gasteiger partial charge in [0, 0.05) is 20.1 Å². The van der Waals surface area contributed by atoms with Crippen LogP contribution in [0.5, 0.6) is 0 Å². The van der Waals surface area contributed by atoms with Crippen molar-refractivity contribution < 1.29 is 9.59 Å². The highest BCUT2D eigenvalue weighted by Crippen LogP contribution is 2.12. The highest BCUT2D eigenvalue weighted by Gasteiger charge is 2.26. The van der Waals surface area contributed by atoms with E-state index in [9.17, 15) is 9.59 Å². The fourth-order valence-corrected chi connectivity index (χ4v) is 1.16. The summed E-state index contributed by atoms with van der Waals surface area (Å²) in [4.78, 5) is 22.7. The lowest BCUT2D eigenvalue weighted by Crippen LogP contribution is -2.46. The number of rotatable bonds is 6. The maximum atomic E-state index is 11.4. The molecule has 5 heteroatoms. The van der Waals surface area contributed by atoms with Crippen LogP contribution in [0.3, 0.4) is 0 Å². The number of urea groups is 1. The quantitative estimate of drug-likeness (QED) is 0.591. The molecule has 3 amide bonds. The first-order chi connectivity index (χ1) is 7.44. The van der Waals surface area contributed by atoms with Crippen LogP contribution in [0.15, 0.2) is 0 Å². The van der Waals surface area contributed by atoms with E-state index in [4.69, 9.17) is 0 Å². The Bertz CT molecular complexity index is 239. The zero-order valence-electron chi connectivity index (χ0n) is 10.6. The lowest BCUT2D eigenvalue weighted by Gasteiger charge is -2.22. The van der Waals surface area contributed by atoms with Gasteiger partial charge in [0.15, 0.2) is 0 Å². The molecule has 0 atom stereocenters. The van der Waals surface area contributed by atoms with Gasteiger partial charge in [-0.05, 0) is 20.3 Å². The minimum atomic E-state index is -0.586. The molecule has 0 bridgehead atoms. The number of carbonyl (C=O) groups is 2. The van der Waals surface area contributed by atoms with Gasteiger partial charge in [0.1, 0.15) is 0 Å². The van der Waals surface area contributed by atoms with Gasteiger partial charge in [-0.15, -0.1) is 0 Å². The van der Waals surface area contributed by atoms with E-state index in [0.717, 1.165) is 12.8 Å². The van der Waals surface area contributed by atoms with E-state index in [-0.39, 0.29) is 11.9 Å². The van der Waals surface area contributed by atoms with Crippen molar-refractivity contribution in [1.82, 2.24) is 16.0 Å². The SMILES string of the molecule is CCCCNC(=O)NCC(C)(C)C(=O)NC. The maximum Gasteiger partial charge on any atom is 0.314 e. The van der Waals surface area contributed by atoms with Crippen LogP contribution in [-0.2, 0) is 4.79 Å². The molecule has 3 N–H and O–H groups in total. The monoisotopic (exact) mass is 229 g/mol. The molecule has 5 nitrogen and oxygen atoms in total. The smallest absolute Gasteiger partial charge is 0.314 e. The Morgan fingerprint density at radius 2 is 1.81 bits per heavy atom. The van der Waals surface area contributed by atoms with Gasteiger partial charge in [-0.3, -0.25) is 4.79 Å². The van der Waals surface area contributed by atoms with E-state index in [1.807, 2.05) is 0 Å². The van der Waals surface area contributed by atoms with Crippen molar-refractivity contribution in [3.05, 3.63) is 0 Å². The Balaban J connectivity index is 3.86. The van der Waals surface area contributed by atoms with Crippen molar-refractivity contribution in [1.29, 1.82) is 0 Å². The summed E-state index contributed by atoms with van der Waals surface area (Å²) in [6.07, 6.45) is 2.01. The number of amides is 3. The van der Waals surface area contributed by atoms with E-state index in [2.05, 4.69) is 22.9 Å². The van der Waals surface area contributed by atoms with Crippen LogP contribution >= 0.6 is 0 Å². The first-order valence-electron chi connectivity index (χ1n) is 5.68. The van der Waals surface area contributed by atoms with E-state index in [0.29, 0.717) is 13.1 Å². The second kappa shape index (κ2) is 7.09. The molecule has 0 aromatic carbocycles. The van der Waals surface area contributed by atoms with Crippen LogP contribution in [0.25, 0.3) is 0 Å². The van der Waals surface area contributed by atoms with E-state index in [1.54, 1.807) is 20.9 Å². The molecule has 0 aliphatic carbocycles. The lowest BCUT2D eigenvalue weighted by atomic mass is 9.92. The average molecular weight is 229 g/mol. The van der Waals surface area contributed by atoms with Crippen LogP contribution in [0.4, 0.5) is 4.79 Å². The Morgan fingerprint density at radius 1 is 1.19 bits per heavy atom. The maximum absolute atomic E-state index is 11.4. The van der Waals surface area contributed by atoms with Crippen LogP contribution < -0.4 is 16.0 Å². The predicted molar refractivity (Wildman–Crippen MR) is 64.2 cm³/mol. The molecule has 0 saturated heterocycles. The molecule has 0 rings (SSSR count). The van der Waals surface area contributed by atoms with Crippen molar-refractivity contribution in [2.45, 2.75) is 33.6 Å². The van der Waals surface area contributed by atoms with Gasteiger partial charge in [0.2, 0.25) is 5.91 Å². The summed E-state index contributed by atoms with van der Waals surface area (Å²) in [5, 5.41) is 7.99. The van der Waals surface area contributed by atoms with Crippen molar-refractivity contribution in [2.75, 3.05) is 20.1 Å². The van der Waals surface area contributed by atoms with Gasteiger partial charge < -0.3 is 16.0 Å². The molecule has 0 unspecified atom stereocenters. The molecule has 0 spiro atoms. The third kappa shape index (κ3) is 5.58. The van der Waals surface area contributed by atoms with Gasteiger partial charge in [-0.2, -0.15) is 0 Å². The van der Waals surface area contributed by atoms with Crippen LogP contribution in [-0.4, -0.2) is 32.1 Å². The third-order valence-corrected chi connectivity index (χ3v) is 2.35. The second-order valence-electron chi connectivity index (χ2n) is 4.43. The number of unbranched alkanes of at least 4 members (excludes halogenated alkanes) is 1. The van der Waals surface area contributed by atoms with Gasteiger partial charge in [-0.1, -0.05) is 13.3 Å². The standard InChI is InChI=1S/C11H23N3O2/c1-5-6-7-13-10(16)14-8-11(2,3)9(15)12-4/h5-8H2,1-4H3,(H,12,15)(H2,13,14,16). The number of hydrogen-bond acceptors (Lipinski definition) is 2. The summed E-state index contributed by atoms with van der Waals surface area (Å²) in [7, 11) is 1.59. The summed E-state index contributed by atoms with van der Waals surface area (Å²) in [5.74, 6) is -0.0821. The van der Waals surface area contributed by atoms with Crippen molar-refractivity contribution in [2.24, 2.45) is 5.41 Å². The minimum absolute atomic E-state index is 0.0821. The summed E-state index contributed by atoms with van der Waals surface area (Å²) in [6, 6.07) is -0.217. The molecular weight excluding hydrogens is 206 g/mol. The molecule has 0 fully saturated rings. The second-order valence-corrected chi connectivity index (χ2v) is 4.43. The van der Waals surface area contributed by atoms with Crippen LogP contribution in [0.2, 0.25) is 0 Å². The highest BCUT2D eigenvalue weighted by atomic mass is 16.2. The molecule has 0 aliphatic rings. The number of carbonyl (C=O) groups excluding carboxylic acids is 2. The molecule has 0 aliphatic heterocycles. The molecule has 94 valence electrons. The molecule has 0 aromatic rings. The Kier molecular flexibility index (Phi) is 6.53. The molecule has 0 saturated carbocycles. The fourth-order valence-electron chi connectivity index (χ4n) is 1.16. The molecule has 0 radical (unpaired) electrons. The van der Waals surface area contributed by atoms with E-state index >= 15 is 0 Å². The van der Waals surface area contributed by atoms with Gasteiger partial charge in [0.25, 0.3) is 0 Å². The Morgan fingerprint density at radius 3 is 2.31 bits per heavy atom. The van der Waals surface area contributed by atoms with Crippen LogP contribution in [0, 0.1) is 5.41 Å². The van der Waals surface area contributed by atoms with Crippen molar-refractivity contribution >= 4 is 11.9 Å². The summed E-state index contributed by atoms with van der Waals surface area (Å²) in [5.41, 5.74) is -0.586. The first kappa shape index (κ1) is 14.7. The largest absolute Gasteiger partial charge is 0.359 e. The minimum Gasteiger partial charge on any atom is -0.359 e. The number of hydrogen-bond donors (Lipinski definition) is 3. The summed E-state index contributed by atoms with van der Waals surface area (Å²) < 4.78 is 0. The highest BCUT2D eigenvalue weighted by molar-refractivity contribution is 5.82. The average Bonchev–Trinajstić information content (AvgIpc) is 2.25. The number of nitrogens with one attached hydrogen (secondary N) is 3. The van der Waals surface area contributed by atoms with Crippen molar-refractivity contribution in [3.8, 4) is 0 Å². The Labute approximate surface area is 97.4 Å². The van der Waals surface area contributed by atoms with Crippen molar-refractivity contribution in [3.63, 3.8) is 0 Å². The van der Waals surface area contributed by atoms with Crippen LogP contribution in [0.1, 0.15) is 33.6 Å². The first-order valence-corrected chi connectivity index (χ1v) is 5.68. The van der Waals surface area contributed by atoms with Gasteiger partial charge in [0.05, 0.1) is 5.41 Å². The lowest BCUT2D eigenvalue weighted by molar-refractivity contribution is -0.128. The normalized spacial score (nSPS) is 10.8. The van der Waals surface area contributed by atoms with E-state index in [1.165, 1.54) is 0 Å². The molecule has 0 heterocycles. The zero-order valence-corrected chi connectivity index (χ0v) is 10.6. The van der Waals surface area contributed by atoms with E-state index < -0.39 is 5.41 Å². The Hall–Kier alpha value is -1.26. The zero-order chi connectivity index (χ0) is 12.6.